The molecule has 4 rings (SSSR count). The van der Waals surface area contributed by atoms with Crippen molar-refractivity contribution >= 4 is 17.0 Å². The van der Waals surface area contributed by atoms with E-state index in [0.29, 0.717) is 17.7 Å². The zero-order valence-corrected chi connectivity index (χ0v) is 19.3. The molecule has 0 fully saturated rings. The predicted molar refractivity (Wildman–Crippen MR) is 130 cm³/mol. The summed E-state index contributed by atoms with van der Waals surface area (Å²) in [7, 11) is 1.41. The molecule has 4 aromatic rings. The molecule has 1 heterocycles. The summed E-state index contributed by atoms with van der Waals surface area (Å²) in [4.78, 5) is 17.5. The van der Waals surface area contributed by atoms with Gasteiger partial charge < -0.3 is 9.30 Å². The van der Waals surface area contributed by atoms with E-state index in [9.17, 15) is 10.1 Å². The summed E-state index contributed by atoms with van der Waals surface area (Å²) in [5.74, 6) is 0.622. The molecule has 0 bridgehead atoms. The number of rotatable bonds is 7. The SMILES string of the molecule is CCCCc1nc2cc(C)cc(C(=O)OC)c2n1Cc1ccc(-c2ccccc2C#N)cc1. The maximum absolute atomic E-state index is 12.6. The molecule has 5 heteroatoms. The van der Waals surface area contributed by atoms with Crippen LogP contribution in [0.4, 0.5) is 0 Å². The predicted octanol–water partition coefficient (Wildman–Crippen LogP) is 6.06. The first-order chi connectivity index (χ1) is 16.0. The summed E-state index contributed by atoms with van der Waals surface area (Å²) in [6, 6.07) is 22.0. The Balaban J connectivity index is 1.77. The minimum absolute atomic E-state index is 0.352. The summed E-state index contributed by atoms with van der Waals surface area (Å²) in [6.07, 6.45) is 2.94. The number of aryl methyl sites for hydroxylation is 2. The van der Waals surface area contributed by atoms with E-state index in [2.05, 4.69) is 29.7 Å². The van der Waals surface area contributed by atoms with Crippen LogP contribution in [0.25, 0.3) is 22.2 Å². The van der Waals surface area contributed by atoms with Crippen LogP contribution >= 0.6 is 0 Å². The Morgan fingerprint density at radius 2 is 1.88 bits per heavy atom. The summed E-state index contributed by atoms with van der Waals surface area (Å²) in [5.41, 5.74) is 6.85. The van der Waals surface area contributed by atoms with Gasteiger partial charge in [0.25, 0.3) is 0 Å². The number of nitriles is 1. The largest absolute Gasteiger partial charge is 0.465 e. The highest BCUT2D eigenvalue weighted by Gasteiger charge is 2.20. The average molecular weight is 438 g/mol. The van der Waals surface area contributed by atoms with Crippen molar-refractivity contribution in [1.29, 1.82) is 5.26 Å². The molecule has 0 radical (unpaired) electrons. The van der Waals surface area contributed by atoms with Crippen LogP contribution in [0, 0.1) is 18.3 Å². The molecule has 0 atom stereocenters. The van der Waals surface area contributed by atoms with Crippen LogP contribution in [0.15, 0.2) is 60.7 Å². The van der Waals surface area contributed by atoms with Gasteiger partial charge in [0.05, 0.1) is 35.3 Å². The van der Waals surface area contributed by atoms with E-state index in [1.54, 1.807) is 0 Å². The lowest BCUT2D eigenvalue weighted by Crippen LogP contribution is -2.10. The molecule has 0 saturated carbocycles. The second-order valence-corrected chi connectivity index (χ2v) is 8.24. The Labute approximate surface area is 194 Å². The van der Waals surface area contributed by atoms with Crippen molar-refractivity contribution in [2.24, 2.45) is 0 Å². The lowest BCUT2D eigenvalue weighted by atomic mass is 9.99. The summed E-state index contributed by atoms with van der Waals surface area (Å²) >= 11 is 0. The van der Waals surface area contributed by atoms with Gasteiger partial charge in [0, 0.05) is 13.0 Å². The molecule has 3 aromatic carbocycles. The van der Waals surface area contributed by atoms with Gasteiger partial charge in [0.1, 0.15) is 5.82 Å². The molecular weight excluding hydrogens is 410 g/mol. The van der Waals surface area contributed by atoms with E-state index >= 15 is 0 Å². The standard InChI is InChI=1S/C28H27N3O2/c1-4-5-10-26-30-25-16-19(2)15-24(28(32)33-3)27(25)31(26)18-20-11-13-21(14-12-20)23-9-7-6-8-22(23)17-29/h6-9,11-16H,4-5,10,18H2,1-3H3. The Morgan fingerprint density at radius 3 is 2.58 bits per heavy atom. The highest BCUT2D eigenvalue weighted by molar-refractivity contribution is 6.02. The fraction of sp³-hybridized carbons (Fsp3) is 0.250. The van der Waals surface area contributed by atoms with E-state index in [-0.39, 0.29) is 5.97 Å². The smallest absolute Gasteiger partial charge is 0.340 e. The lowest BCUT2D eigenvalue weighted by molar-refractivity contribution is 0.0602. The van der Waals surface area contributed by atoms with Crippen LogP contribution in [0.5, 0.6) is 0 Å². The quantitative estimate of drug-likeness (QED) is 0.330. The van der Waals surface area contributed by atoms with E-state index in [4.69, 9.17) is 9.72 Å². The number of aromatic nitrogens is 2. The minimum Gasteiger partial charge on any atom is -0.465 e. The van der Waals surface area contributed by atoms with Crippen molar-refractivity contribution < 1.29 is 9.53 Å². The number of methoxy groups -OCH3 is 1. The monoisotopic (exact) mass is 437 g/mol. The van der Waals surface area contributed by atoms with Gasteiger partial charge in [-0.3, -0.25) is 0 Å². The number of imidazole rings is 1. The number of benzene rings is 3. The summed E-state index contributed by atoms with van der Waals surface area (Å²) in [6.45, 7) is 4.73. The topological polar surface area (TPSA) is 67.9 Å². The highest BCUT2D eigenvalue weighted by atomic mass is 16.5. The molecule has 0 saturated heterocycles. The summed E-state index contributed by atoms with van der Waals surface area (Å²) < 4.78 is 7.22. The van der Waals surface area contributed by atoms with Crippen molar-refractivity contribution in [2.45, 2.75) is 39.7 Å². The van der Waals surface area contributed by atoms with Gasteiger partial charge in [-0.05, 0) is 53.8 Å². The van der Waals surface area contributed by atoms with Crippen molar-refractivity contribution in [2.75, 3.05) is 7.11 Å². The number of hydrogen-bond donors (Lipinski definition) is 0. The molecule has 0 unspecified atom stereocenters. The first-order valence-corrected chi connectivity index (χ1v) is 11.2. The second-order valence-electron chi connectivity index (χ2n) is 8.24. The number of nitrogens with zero attached hydrogens (tertiary/aromatic N) is 3. The van der Waals surface area contributed by atoms with Gasteiger partial charge in [-0.15, -0.1) is 0 Å². The van der Waals surface area contributed by atoms with Crippen LogP contribution < -0.4 is 0 Å². The van der Waals surface area contributed by atoms with Crippen LogP contribution in [-0.2, 0) is 17.7 Å². The molecule has 0 aliphatic carbocycles. The molecule has 166 valence electrons. The number of esters is 1. The molecule has 0 N–H and O–H groups in total. The van der Waals surface area contributed by atoms with Crippen molar-refractivity contribution in [3.8, 4) is 17.2 Å². The van der Waals surface area contributed by atoms with Gasteiger partial charge in [-0.1, -0.05) is 55.8 Å². The fourth-order valence-corrected chi connectivity index (χ4v) is 4.22. The van der Waals surface area contributed by atoms with E-state index < -0.39 is 0 Å². The average Bonchev–Trinajstić information content (AvgIpc) is 3.18. The van der Waals surface area contributed by atoms with E-state index in [1.807, 2.05) is 55.5 Å². The van der Waals surface area contributed by atoms with Gasteiger partial charge in [0.2, 0.25) is 0 Å². The highest BCUT2D eigenvalue weighted by Crippen LogP contribution is 2.27. The van der Waals surface area contributed by atoms with Crippen molar-refractivity contribution in [3.05, 3.63) is 88.7 Å². The van der Waals surface area contributed by atoms with Crippen LogP contribution in [0.3, 0.4) is 0 Å². The zero-order chi connectivity index (χ0) is 23.4. The molecular formula is C28H27N3O2. The third-order valence-electron chi connectivity index (χ3n) is 5.88. The molecule has 0 amide bonds. The summed E-state index contributed by atoms with van der Waals surface area (Å²) in [5, 5.41) is 9.42. The maximum atomic E-state index is 12.6. The Morgan fingerprint density at radius 1 is 1.12 bits per heavy atom. The number of ether oxygens (including phenoxy) is 1. The van der Waals surface area contributed by atoms with Crippen LogP contribution in [-0.4, -0.2) is 22.6 Å². The number of carbonyl (C=O) groups excluding carboxylic acids is 1. The van der Waals surface area contributed by atoms with Gasteiger partial charge in [-0.2, -0.15) is 5.26 Å². The first kappa shape index (κ1) is 22.3. The second kappa shape index (κ2) is 9.70. The number of hydrogen-bond acceptors (Lipinski definition) is 4. The van der Waals surface area contributed by atoms with Gasteiger partial charge in [-0.25, -0.2) is 9.78 Å². The van der Waals surface area contributed by atoms with Crippen LogP contribution in [0.1, 0.15) is 52.6 Å². The maximum Gasteiger partial charge on any atom is 0.340 e. The van der Waals surface area contributed by atoms with Crippen molar-refractivity contribution in [1.82, 2.24) is 9.55 Å². The molecule has 5 nitrogen and oxygen atoms in total. The minimum atomic E-state index is -0.352. The van der Waals surface area contributed by atoms with Crippen molar-refractivity contribution in [3.63, 3.8) is 0 Å². The van der Waals surface area contributed by atoms with Gasteiger partial charge in [0.15, 0.2) is 0 Å². The number of unbranched alkanes of at least 4 members (excludes halogenated alkanes) is 1. The molecule has 0 spiro atoms. The molecule has 33 heavy (non-hydrogen) atoms. The molecule has 0 aliphatic heterocycles. The Kier molecular flexibility index (Phi) is 6.55. The third kappa shape index (κ3) is 4.51. The lowest BCUT2D eigenvalue weighted by Gasteiger charge is -2.13. The Hall–Kier alpha value is -3.91. The van der Waals surface area contributed by atoms with E-state index in [0.717, 1.165) is 58.4 Å². The molecule has 0 aliphatic rings. The number of fused-ring (bicyclic) bond motifs is 1. The van der Waals surface area contributed by atoms with Crippen LogP contribution in [0.2, 0.25) is 0 Å². The Bertz CT molecular complexity index is 1340. The number of carbonyl (C=O) groups is 1. The normalized spacial score (nSPS) is 10.8. The zero-order valence-electron chi connectivity index (χ0n) is 19.3. The fourth-order valence-electron chi connectivity index (χ4n) is 4.22. The van der Waals surface area contributed by atoms with Gasteiger partial charge >= 0.3 is 5.97 Å². The third-order valence-corrected chi connectivity index (χ3v) is 5.88. The van der Waals surface area contributed by atoms with E-state index in [1.165, 1.54) is 7.11 Å². The molecule has 1 aromatic heterocycles. The first-order valence-electron chi connectivity index (χ1n) is 11.2.